The van der Waals surface area contributed by atoms with E-state index in [0.717, 1.165) is 30.9 Å². The molecular weight excluding hydrogens is 232 g/mol. The van der Waals surface area contributed by atoms with Gasteiger partial charge in [-0.1, -0.05) is 0 Å². The number of anilines is 1. The van der Waals surface area contributed by atoms with Crippen molar-refractivity contribution in [2.75, 3.05) is 32.1 Å². The zero-order valence-corrected chi connectivity index (χ0v) is 11.1. The largest absolute Gasteiger partial charge is 0.380 e. The minimum Gasteiger partial charge on any atom is -0.380 e. The van der Waals surface area contributed by atoms with Gasteiger partial charge in [0.15, 0.2) is 0 Å². The van der Waals surface area contributed by atoms with Crippen LogP contribution in [0.25, 0.3) is 0 Å². The summed E-state index contributed by atoms with van der Waals surface area (Å²) in [7, 11) is 3.56. The Balaban J connectivity index is 1.84. The van der Waals surface area contributed by atoms with E-state index in [1.54, 1.807) is 11.8 Å². The SMILES string of the molecule is CO[C@@H]1CCN(CC(=O)Nc2cn(C)nc2C)C1. The molecular formula is C12H20N4O2. The van der Waals surface area contributed by atoms with E-state index in [-0.39, 0.29) is 12.0 Å². The van der Waals surface area contributed by atoms with Gasteiger partial charge in [0.1, 0.15) is 0 Å². The molecule has 0 bridgehead atoms. The molecule has 1 aromatic heterocycles. The monoisotopic (exact) mass is 252 g/mol. The molecule has 2 heterocycles. The molecule has 18 heavy (non-hydrogen) atoms. The third kappa shape index (κ3) is 3.08. The van der Waals surface area contributed by atoms with Gasteiger partial charge in [-0.3, -0.25) is 14.4 Å². The maximum Gasteiger partial charge on any atom is 0.238 e. The molecule has 0 radical (unpaired) electrons. The third-order valence-corrected chi connectivity index (χ3v) is 3.22. The van der Waals surface area contributed by atoms with E-state index in [1.807, 2.05) is 20.2 Å². The summed E-state index contributed by atoms with van der Waals surface area (Å²) in [6, 6.07) is 0. The van der Waals surface area contributed by atoms with Crippen molar-refractivity contribution in [3.8, 4) is 0 Å². The van der Waals surface area contributed by atoms with Gasteiger partial charge in [-0.15, -0.1) is 0 Å². The van der Waals surface area contributed by atoms with E-state index < -0.39 is 0 Å². The number of likely N-dealkylation sites (tertiary alicyclic amines) is 1. The van der Waals surface area contributed by atoms with Crippen molar-refractivity contribution in [3.05, 3.63) is 11.9 Å². The fourth-order valence-corrected chi connectivity index (χ4v) is 2.25. The number of nitrogens with zero attached hydrogens (tertiary/aromatic N) is 3. The number of aromatic nitrogens is 2. The normalized spacial score (nSPS) is 20.3. The maximum absolute atomic E-state index is 11.9. The molecule has 0 spiro atoms. The number of aryl methyl sites for hydroxylation is 2. The number of carbonyl (C=O) groups is 1. The second kappa shape index (κ2) is 5.49. The highest BCUT2D eigenvalue weighted by Crippen LogP contribution is 2.13. The summed E-state index contributed by atoms with van der Waals surface area (Å²) in [5, 5.41) is 7.08. The molecule has 1 atom stereocenters. The molecule has 0 unspecified atom stereocenters. The highest BCUT2D eigenvalue weighted by molar-refractivity contribution is 5.92. The Morgan fingerprint density at radius 1 is 1.67 bits per heavy atom. The fourth-order valence-electron chi connectivity index (χ4n) is 2.25. The number of ether oxygens (including phenoxy) is 1. The van der Waals surface area contributed by atoms with E-state index in [1.165, 1.54) is 0 Å². The van der Waals surface area contributed by atoms with Crippen LogP contribution in [0.5, 0.6) is 0 Å². The second-order valence-corrected chi connectivity index (χ2v) is 4.73. The third-order valence-electron chi connectivity index (χ3n) is 3.22. The number of rotatable bonds is 4. The van der Waals surface area contributed by atoms with Crippen molar-refractivity contribution in [2.24, 2.45) is 7.05 Å². The molecule has 1 N–H and O–H groups in total. The Labute approximate surface area is 107 Å². The smallest absolute Gasteiger partial charge is 0.238 e. The molecule has 0 saturated carbocycles. The van der Waals surface area contributed by atoms with Crippen LogP contribution in [0.1, 0.15) is 12.1 Å². The van der Waals surface area contributed by atoms with Crippen molar-refractivity contribution >= 4 is 11.6 Å². The zero-order valence-electron chi connectivity index (χ0n) is 11.1. The molecule has 1 aliphatic heterocycles. The highest BCUT2D eigenvalue weighted by Gasteiger charge is 2.23. The summed E-state index contributed by atoms with van der Waals surface area (Å²) in [6.07, 6.45) is 3.07. The molecule has 1 amide bonds. The highest BCUT2D eigenvalue weighted by atomic mass is 16.5. The van der Waals surface area contributed by atoms with E-state index in [4.69, 9.17) is 4.74 Å². The van der Waals surface area contributed by atoms with Crippen LogP contribution in [0.15, 0.2) is 6.20 Å². The first-order chi connectivity index (χ1) is 8.58. The van der Waals surface area contributed by atoms with Crippen LogP contribution in [0.4, 0.5) is 5.69 Å². The quantitative estimate of drug-likeness (QED) is 0.842. The Bertz CT molecular complexity index is 430. The number of methoxy groups -OCH3 is 1. The first kappa shape index (κ1) is 13.0. The topological polar surface area (TPSA) is 59.4 Å². The number of nitrogens with one attached hydrogen (secondary N) is 1. The van der Waals surface area contributed by atoms with Crippen molar-refractivity contribution in [1.82, 2.24) is 14.7 Å². The van der Waals surface area contributed by atoms with Crippen LogP contribution in [-0.4, -0.2) is 53.4 Å². The van der Waals surface area contributed by atoms with Crippen LogP contribution < -0.4 is 5.32 Å². The molecule has 100 valence electrons. The summed E-state index contributed by atoms with van der Waals surface area (Å²) in [4.78, 5) is 14.0. The van der Waals surface area contributed by atoms with Gasteiger partial charge in [-0.05, 0) is 13.3 Å². The first-order valence-corrected chi connectivity index (χ1v) is 6.13. The first-order valence-electron chi connectivity index (χ1n) is 6.13. The number of carbonyl (C=O) groups excluding carboxylic acids is 1. The maximum atomic E-state index is 11.9. The van der Waals surface area contributed by atoms with E-state index in [0.29, 0.717) is 6.54 Å². The lowest BCUT2D eigenvalue weighted by molar-refractivity contribution is -0.117. The van der Waals surface area contributed by atoms with Gasteiger partial charge in [0.25, 0.3) is 0 Å². The lowest BCUT2D eigenvalue weighted by Gasteiger charge is -2.14. The van der Waals surface area contributed by atoms with Gasteiger partial charge in [0.05, 0.1) is 24.0 Å². The summed E-state index contributed by atoms with van der Waals surface area (Å²) in [5.74, 6) is 0.00264. The van der Waals surface area contributed by atoms with Crippen LogP contribution in [0.2, 0.25) is 0 Å². The molecule has 0 aromatic carbocycles. The van der Waals surface area contributed by atoms with Gasteiger partial charge in [0, 0.05) is 33.4 Å². The summed E-state index contributed by atoms with van der Waals surface area (Å²) < 4.78 is 6.97. The van der Waals surface area contributed by atoms with Crippen molar-refractivity contribution in [3.63, 3.8) is 0 Å². The van der Waals surface area contributed by atoms with Crippen LogP contribution >= 0.6 is 0 Å². The second-order valence-electron chi connectivity index (χ2n) is 4.73. The summed E-state index contributed by atoms with van der Waals surface area (Å²) >= 11 is 0. The van der Waals surface area contributed by atoms with E-state index in [9.17, 15) is 4.79 Å². The molecule has 1 saturated heterocycles. The summed E-state index contributed by atoms with van der Waals surface area (Å²) in [5.41, 5.74) is 1.62. The van der Waals surface area contributed by atoms with Crippen molar-refractivity contribution in [2.45, 2.75) is 19.4 Å². The molecule has 1 fully saturated rings. The van der Waals surface area contributed by atoms with Gasteiger partial charge in [0.2, 0.25) is 5.91 Å². The minimum atomic E-state index is 0.00264. The average molecular weight is 252 g/mol. The fraction of sp³-hybridized carbons (Fsp3) is 0.667. The standard InChI is InChI=1S/C12H20N4O2/c1-9-11(7-15(2)14-9)13-12(17)8-16-5-4-10(6-16)18-3/h7,10H,4-6,8H2,1-3H3,(H,13,17)/t10-/m1/s1. The van der Waals surface area contributed by atoms with Crippen LogP contribution in [-0.2, 0) is 16.6 Å². The molecule has 6 heteroatoms. The molecule has 6 nitrogen and oxygen atoms in total. The van der Waals surface area contributed by atoms with E-state index in [2.05, 4.69) is 15.3 Å². The predicted octanol–water partition coefficient (Wildman–Crippen LogP) is 0.388. The number of hydrogen-bond acceptors (Lipinski definition) is 4. The van der Waals surface area contributed by atoms with E-state index >= 15 is 0 Å². The molecule has 0 aliphatic carbocycles. The van der Waals surface area contributed by atoms with Gasteiger partial charge < -0.3 is 10.1 Å². The Morgan fingerprint density at radius 3 is 3.00 bits per heavy atom. The Hall–Kier alpha value is -1.40. The Morgan fingerprint density at radius 2 is 2.44 bits per heavy atom. The Kier molecular flexibility index (Phi) is 3.98. The molecule has 1 aliphatic rings. The lowest BCUT2D eigenvalue weighted by Crippen LogP contribution is -2.32. The van der Waals surface area contributed by atoms with Crippen LogP contribution in [0.3, 0.4) is 0 Å². The van der Waals surface area contributed by atoms with Gasteiger partial charge in [-0.25, -0.2) is 0 Å². The number of hydrogen-bond donors (Lipinski definition) is 1. The summed E-state index contributed by atoms with van der Waals surface area (Å²) in [6.45, 7) is 4.04. The minimum absolute atomic E-state index is 0.00264. The van der Waals surface area contributed by atoms with Crippen molar-refractivity contribution in [1.29, 1.82) is 0 Å². The van der Waals surface area contributed by atoms with Crippen LogP contribution in [0, 0.1) is 6.92 Å². The number of amides is 1. The van der Waals surface area contributed by atoms with Gasteiger partial charge in [-0.2, -0.15) is 5.10 Å². The van der Waals surface area contributed by atoms with Gasteiger partial charge >= 0.3 is 0 Å². The zero-order chi connectivity index (χ0) is 13.1. The molecule has 1 aromatic rings. The molecule has 2 rings (SSSR count). The van der Waals surface area contributed by atoms with Crippen molar-refractivity contribution < 1.29 is 9.53 Å². The lowest BCUT2D eigenvalue weighted by atomic mass is 10.3. The average Bonchev–Trinajstić information content (AvgIpc) is 2.86. The predicted molar refractivity (Wildman–Crippen MR) is 68.4 cm³/mol.